The van der Waals surface area contributed by atoms with Gasteiger partial charge in [0.05, 0.1) is 0 Å². The lowest BCUT2D eigenvalue weighted by Gasteiger charge is -2.13. The van der Waals surface area contributed by atoms with Gasteiger partial charge in [-0.15, -0.1) is 0 Å². The predicted molar refractivity (Wildman–Crippen MR) is 113 cm³/mol. The number of aromatic carboxylic acids is 1. The molecule has 29 heavy (non-hydrogen) atoms. The van der Waals surface area contributed by atoms with Crippen molar-refractivity contribution in [3.63, 3.8) is 0 Å². The Hall–Kier alpha value is -3.47. The van der Waals surface area contributed by atoms with Crippen LogP contribution in [0.5, 0.6) is 0 Å². The molecule has 0 bridgehead atoms. The summed E-state index contributed by atoms with van der Waals surface area (Å²) in [5.41, 5.74) is 2.32. The van der Waals surface area contributed by atoms with Gasteiger partial charge in [-0.3, -0.25) is 4.79 Å². The monoisotopic (exact) mass is 390 g/mol. The second-order valence-electron chi connectivity index (χ2n) is 7.15. The predicted octanol–water partition coefficient (Wildman–Crippen LogP) is 5.21. The summed E-state index contributed by atoms with van der Waals surface area (Å²) < 4.78 is 5.34. The van der Waals surface area contributed by atoms with Crippen molar-refractivity contribution < 1.29 is 19.1 Å². The molecule has 1 unspecified atom stereocenters. The largest absolute Gasteiger partial charge is 0.477 e. The van der Waals surface area contributed by atoms with Crippen molar-refractivity contribution in [3.05, 3.63) is 86.8 Å². The molecule has 2 aromatic carbocycles. The summed E-state index contributed by atoms with van der Waals surface area (Å²) in [4.78, 5) is 35.7. The molecule has 3 aromatic rings. The van der Waals surface area contributed by atoms with Gasteiger partial charge in [-0.25, -0.2) is 9.59 Å². The van der Waals surface area contributed by atoms with Gasteiger partial charge in [0.1, 0.15) is 11.1 Å². The van der Waals surface area contributed by atoms with Gasteiger partial charge in [-0.1, -0.05) is 49.8 Å². The zero-order valence-electron chi connectivity index (χ0n) is 16.6. The highest BCUT2D eigenvalue weighted by atomic mass is 16.4. The average molecular weight is 390 g/mol. The molecule has 0 aliphatic rings. The molecular weight excluding hydrogens is 368 g/mol. The third-order valence-electron chi connectivity index (χ3n) is 5.02. The minimum absolute atomic E-state index is 0.0949. The number of carboxylic acids is 1. The zero-order valence-corrected chi connectivity index (χ0v) is 16.6. The first kappa shape index (κ1) is 20.3. The van der Waals surface area contributed by atoms with Crippen molar-refractivity contribution in [1.29, 1.82) is 0 Å². The number of rotatable bonds is 6. The minimum atomic E-state index is -1.33. The van der Waals surface area contributed by atoms with Gasteiger partial charge in [0.15, 0.2) is 5.78 Å². The Morgan fingerprint density at radius 3 is 2.45 bits per heavy atom. The van der Waals surface area contributed by atoms with E-state index in [2.05, 4.69) is 0 Å². The Morgan fingerprint density at radius 1 is 1.14 bits per heavy atom. The number of allylic oxidation sites excluding steroid dienone is 1. The smallest absolute Gasteiger partial charge is 0.351 e. The molecular formula is C24H22O5. The molecule has 0 amide bonds. The molecule has 5 nitrogen and oxygen atoms in total. The van der Waals surface area contributed by atoms with E-state index in [0.29, 0.717) is 16.5 Å². The van der Waals surface area contributed by atoms with E-state index in [-0.39, 0.29) is 11.7 Å². The van der Waals surface area contributed by atoms with Crippen LogP contribution < -0.4 is 5.63 Å². The summed E-state index contributed by atoms with van der Waals surface area (Å²) in [5, 5.41) is 9.74. The van der Waals surface area contributed by atoms with Crippen LogP contribution in [0.15, 0.2) is 57.8 Å². The van der Waals surface area contributed by atoms with Crippen molar-refractivity contribution in [2.75, 3.05) is 0 Å². The number of benzene rings is 2. The maximum atomic E-state index is 12.4. The molecule has 0 fully saturated rings. The van der Waals surface area contributed by atoms with Crippen molar-refractivity contribution in [1.82, 2.24) is 0 Å². The second-order valence-corrected chi connectivity index (χ2v) is 7.15. The second kappa shape index (κ2) is 8.27. The molecule has 0 spiro atoms. The van der Waals surface area contributed by atoms with E-state index in [1.165, 1.54) is 12.1 Å². The van der Waals surface area contributed by atoms with Crippen LogP contribution in [0.2, 0.25) is 0 Å². The normalized spacial score (nSPS) is 12.4. The van der Waals surface area contributed by atoms with E-state index in [1.54, 1.807) is 24.3 Å². The standard InChI is InChI=1S/C24H22O5/c1-4-15(3)19-12-16(7-10-21(25)17-8-5-14(2)6-9-17)11-18-13-20(23(26)27)24(28)29-22(18)19/h5-13,15H,4H2,1-3H3,(H,26,27)/b10-7+. The fourth-order valence-corrected chi connectivity index (χ4v) is 3.10. The lowest BCUT2D eigenvalue weighted by atomic mass is 9.93. The third kappa shape index (κ3) is 4.35. The van der Waals surface area contributed by atoms with Gasteiger partial charge in [0, 0.05) is 10.9 Å². The topological polar surface area (TPSA) is 84.6 Å². The SMILES string of the molecule is CCC(C)c1cc(/C=C/C(=O)c2ccc(C)cc2)cc2cc(C(=O)O)c(=O)oc12. The molecule has 0 aliphatic heterocycles. The summed E-state index contributed by atoms with van der Waals surface area (Å²) in [6.07, 6.45) is 4.00. The first-order valence-electron chi connectivity index (χ1n) is 9.44. The quantitative estimate of drug-likeness (QED) is 0.355. The van der Waals surface area contributed by atoms with Crippen LogP contribution in [0.25, 0.3) is 17.0 Å². The van der Waals surface area contributed by atoms with Crippen LogP contribution in [0.4, 0.5) is 0 Å². The van der Waals surface area contributed by atoms with E-state index in [9.17, 15) is 19.5 Å². The number of hydrogen-bond donors (Lipinski definition) is 1. The highest BCUT2D eigenvalue weighted by Crippen LogP contribution is 2.29. The van der Waals surface area contributed by atoms with E-state index in [4.69, 9.17) is 4.42 Å². The van der Waals surface area contributed by atoms with Crippen LogP contribution in [-0.4, -0.2) is 16.9 Å². The number of carbonyl (C=O) groups is 2. The maximum absolute atomic E-state index is 12.4. The zero-order chi connectivity index (χ0) is 21.1. The molecule has 0 aliphatic carbocycles. The average Bonchev–Trinajstić information content (AvgIpc) is 2.70. The van der Waals surface area contributed by atoms with Crippen LogP contribution in [0.3, 0.4) is 0 Å². The summed E-state index contributed by atoms with van der Waals surface area (Å²) in [6.45, 7) is 5.98. The lowest BCUT2D eigenvalue weighted by Crippen LogP contribution is -2.13. The highest BCUT2D eigenvalue weighted by molar-refractivity contribution is 6.07. The van der Waals surface area contributed by atoms with Crippen LogP contribution in [-0.2, 0) is 0 Å². The van der Waals surface area contributed by atoms with E-state index < -0.39 is 17.2 Å². The Bertz CT molecular complexity index is 1170. The Balaban J connectivity index is 2.08. The fraction of sp³-hybridized carbons (Fsp3) is 0.208. The molecule has 1 aromatic heterocycles. The molecule has 0 saturated carbocycles. The fourth-order valence-electron chi connectivity index (χ4n) is 3.10. The molecule has 0 radical (unpaired) electrons. The molecule has 1 atom stereocenters. The van der Waals surface area contributed by atoms with Gasteiger partial charge in [0.25, 0.3) is 0 Å². The molecule has 0 saturated heterocycles. The minimum Gasteiger partial charge on any atom is -0.477 e. The third-order valence-corrected chi connectivity index (χ3v) is 5.02. The number of fused-ring (bicyclic) bond motifs is 1. The van der Waals surface area contributed by atoms with Gasteiger partial charge < -0.3 is 9.52 Å². The Kier molecular flexibility index (Phi) is 5.78. The van der Waals surface area contributed by atoms with Crippen LogP contribution in [0.1, 0.15) is 63.6 Å². The maximum Gasteiger partial charge on any atom is 0.351 e. The summed E-state index contributed by atoms with van der Waals surface area (Å²) in [5.74, 6) is -1.36. The Labute approximate surface area is 168 Å². The van der Waals surface area contributed by atoms with E-state index in [1.807, 2.05) is 39.0 Å². The van der Waals surface area contributed by atoms with Gasteiger partial charge >= 0.3 is 11.6 Å². The number of ketones is 1. The Morgan fingerprint density at radius 2 is 1.83 bits per heavy atom. The van der Waals surface area contributed by atoms with E-state index >= 15 is 0 Å². The van der Waals surface area contributed by atoms with Gasteiger partial charge in [-0.2, -0.15) is 0 Å². The molecule has 1 N–H and O–H groups in total. The van der Waals surface area contributed by atoms with Crippen molar-refractivity contribution in [3.8, 4) is 0 Å². The van der Waals surface area contributed by atoms with Crippen molar-refractivity contribution in [2.45, 2.75) is 33.1 Å². The van der Waals surface area contributed by atoms with Crippen molar-refractivity contribution >= 4 is 28.8 Å². The van der Waals surface area contributed by atoms with E-state index in [0.717, 1.165) is 23.1 Å². The van der Waals surface area contributed by atoms with Crippen LogP contribution in [0, 0.1) is 6.92 Å². The number of carboxylic acid groups (broad SMARTS) is 1. The number of hydrogen-bond acceptors (Lipinski definition) is 4. The molecule has 3 rings (SSSR count). The number of carbonyl (C=O) groups excluding carboxylic acids is 1. The summed E-state index contributed by atoms with van der Waals surface area (Å²) in [7, 11) is 0. The van der Waals surface area contributed by atoms with Gasteiger partial charge in [-0.05, 0) is 54.7 Å². The summed E-state index contributed by atoms with van der Waals surface area (Å²) >= 11 is 0. The lowest BCUT2D eigenvalue weighted by molar-refractivity contribution is 0.0692. The van der Waals surface area contributed by atoms with Gasteiger partial charge in [0.2, 0.25) is 0 Å². The highest BCUT2D eigenvalue weighted by Gasteiger charge is 2.17. The van der Waals surface area contributed by atoms with Crippen molar-refractivity contribution in [2.24, 2.45) is 0 Å². The number of aryl methyl sites for hydroxylation is 1. The first-order valence-corrected chi connectivity index (χ1v) is 9.44. The molecule has 1 heterocycles. The first-order chi connectivity index (χ1) is 13.8. The summed E-state index contributed by atoms with van der Waals surface area (Å²) in [6, 6.07) is 12.2. The molecule has 148 valence electrons. The van der Waals surface area contributed by atoms with Crippen LogP contribution >= 0.6 is 0 Å². The molecule has 5 heteroatoms.